The molecule has 0 aliphatic rings. The Kier molecular flexibility index (Phi) is 9.91. The highest BCUT2D eigenvalue weighted by Gasteiger charge is 2.30. The first-order valence-electron chi connectivity index (χ1n) is 13.0. The minimum atomic E-state index is -4.38. The summed E-state index contributed by atoms with van der Waals surface area (Å²) < 4.78 is 54.0. The fraction of sp³-hybridized carbons (Fsp3) is 0.393. The zero-order chi connectivity index (χ0) is 29.6. The third kappa shape index (κ3) is 7.17. The van der Waals surface area contributed by atoms with E-state index in [1.807, 2.05) is 39.5 Å². The quantitative estimate of drug-likeness (QED) is 0.317. The van der Waals surface area contributed by atoms with Crippen molar-refractivity contribution in [2.24, 2.45) is 5.92 Å². The lowest BCUT2D eigenvalue weighted by molar-refractivity contribution is 0.0978. The van der Waals surface area contributed by atoms with Crippen molar-refractivity contribution in [3.8, 4) is 22.8 Å². The van der Waals surface area contributed by atoms with Crippen molar-refractivity contribution in [2.75, 3.05) is 30.9 Å². The summed E-state index contributed by atoms with van der Waals surface area (Å²) in [5, 5.41) is -0.408. The van der Waals surface area contributed by atoms with E-state index in [9.17, 15) is 17.6 Å². The van der Waals surface area contributed by atoms with E-state index in [1.165, 1.54) is 43.5 Å². The van der Waals surface area contributed by atoms with Crippen LogP contribution >= 0.6 is 0 Å². The maximum Gasteiger partial charge on any atom is 0.281 e. The number of pyridine rings is 2. The summed E-state index contributed by atoms with van der Waals surface area (Å²) in [7, 11) is -3.02. The third-order valence-corrected chi connectivity index (χ3v) is 7.38. The molecule has 1 amide bonds. The number of methoxy groups -OCH3 is 1. The molecule has 40 heavy (non-hydrogen) atoms. The summed E-state index contributed by atoms with van der Waals surface area (Å²) in [6.45, 7) is 10.7. The SMILES string of the molecule is CC[C@H](C)N(CC)c1nc(-c2cc(F)cc(OCC(C)C)c2)cc(OC)c1C(=O)NS(=O)(=O)c1cccc(N)n1. The lowest BCUT2D eigenvalue weighted by Crippen LogP contribution is -2.37. The number of anilines is 2. The highest BCUT2D eigenvalue weighted by molar-refractivity contribution is 7.90. The molecule has 0 aliphatic heterocycles. The van der Waals surface area contributed by atoms with Gasteiger partial charge in [-0.15, -0.1) is 0 Å². The molecule has 216 valence electrons. The number of rotatable bonds is 12. The van der Waals surface area contributed by atoms with Crippen LogP contribution in [0.4, 0.5) is 16.0 Å². The van der Waals surface area contributed by atoms with Gasteiger partial charge in [-0.1, -0.05) is 26.8 Å². The third-order valence-electron chi connectivity index (χ3n) is 6.14. The van der Waals surface area contributed by atoms with Gasteiger partial charge in [0.1, 0.15) is 34.5 Å². The van der Waals surface area contributed by atoms with E-state index in [0.29, 0.717) is 36.6 Å². The molecule has 3 aromatic rings. The molecule has 10 nitrogen and oxygen atoms in total. The number of nitrogens with one attached hydrogen (secondary N) is 1. The summed E-state index contributed by atoms with van der Waals surface area (Å²) in [4.78, 5) is 24.0. The summed E-state index contributed by atoms with van der Waals surface area (Å²) >= 11 is 0. The van der Waals surface area contributed by atoms with E-state index >= 15 is 0 Å². The lowest BCUT2D eigenvalue weighted by Gasteiger charge is -2.31. The zero-order valence-corrected chi connectivity index (χ0v) is 24.4. The average molecular weight is 574 g/mol. The molecule has 0 fully saturated rings. The van der Waals surface area contributed by atoms with E-state index < -0.39 is 26.8 Å². The fourth-order valence-electron chi connectivity index (χ4n) is 3.99. The Morgan fingerprint density at radius 3 is 2.45 bits per heavy atom. The standard InChI is InChI=1S/C28H36FN5O5S/c1-7-18(5)34(8-2)27-26(28(35)33-40(36,37)25-11-9-10-24(30)32-25)23(38-6)15-22(31-27)19-12-20(29)14-21(13-19)39-16-17(3)4/h9-15,17-18H,7-8,16H2,1-6H3,(H2,30,32)(H,33,35)/t18-/m0/s1. The van der Waals surface area contributed by atoms with Gasteiger partial charge in [0.15, 0.2) is 5.03 Å². The number of nitrogen functional groups attached to an aromatic ring is 1. The number of benzene rings is 1. The number of hydrogen-bond acceptors (Lipinski definition) is 9. The molecule has 1 atom stereocenters. The predicted molar refractivity (Wildman–Crippen MR) is 153 cm³/mol. The number of amides is 1. The molecule has 0 spiro atoms. The van der Waals surface area contributed by atoms with E-state index in [-0.39, 0.29) is 34.9 Å². The molecule has 3 rings (SSSR count). The molecule has 3 N–H and O–H groups in total. The first-order valence-corrected chi connectivity index (χ1v) is 14.5. The van der Waals surface area contributed by atoms with Gasteiger partial charge >= 0.3 is 0 Å². The Hall–Kier alpha value is -3.93. The predicted octanol–water partition coefficient (Wildman–Crippen LogP) is 4.65. The first-order chi connectivity index (χ1) is 18.9. The minimum absolute atomic E-state index is 0.0135. The normalized spacial score (nSPS) is 12.2. The molecule has 1 aromatic carbocycles. The Morgan fingerprint density at radius 2 is 1.85 bits per heavy atom. The van der Waals surface area contributed by atoms with E-state index in [2.05, 4.69) is 9.71 Å². The van der Waals surface area contributed by atoms with Crippen LogP contribution in [0.25, 0.3) is 11.3 Å². The van der Waals surface area contributed by atoms with Gasteiger partial charge < -0.3 is 20.1 Å². The van der Waals surface area contributed by atoms with Crippen molar-refractivity contribution in [1.29, 1.82) is 0 Å². The molecule has 0 radical (unpaired) electrons. The monoisotopic (exact) mass is 573 g/mol. The van der Waals surface area contributed by atoms with Gasteiger partial charge in [0.25, 0.3) is 15.9 Å². The maximum absolute atomic E-state index is 14.6. The second-order valence-electron chi connectivity index (χ2n) is 9.67. The van der Waals surface area contributed by atoms with Crippen molar-refractivity contribution >= 4 is 27.6 Å². The van der Waals surface area contributed by atoms with Crippen LogP contribution in [0.2, 0.25) is 0 Å². The molecule has 2 aromatic heterocycles. The number of nitrogens with two attached hydrogens (primary N) is 1. The molecule has 2 heterocycles. The first kappa shape index (κ1) is 30.6. The Morgan fingerprint density at radius 1 is 1.12 bits per heavy atom. The van der Waals surface area contributed by atoms with Gasteiger partial charge in [-0.3, -0.25) is 4.79 Å². The van der Waals surface area contributed by atoms with Gasteiger partial charge in [0.2, 0.25) is 0 Å². The van der Waals surface area contributed by atoms with Crippen LogP contribution < -0.4 is 24.8 Å². The molecule has 0 unspecified atom stereocenters. The zero-order valence-electron chi connectivity index (χ0n) is 23.6. The van der Waals surface area contributed by atoms with Crippen LogP contribution in [0.15, 0.2) is 47.5 Å². The van der Waals surface area contributed by atoms with Crippen molar-refractivity contribution in [2.45, 2.75) is 52.1 Å². The van der Waals surface area contributed by atoms with Crippen LogP contribution in [0.3, 0.4) is 0 Å². The van der Waals surface area contributed by atoms with Gasteiger partial charge in [-0.25, -0.2) is 19.1 Å². The average Bonchev–Trinajstić information content (AvgIpc) is 2.91. The molecule has 0 saturated carbocycles. The van der Waals surface area contributed by atoms with Crippen molar-refractivity contribution in [3.63, 3.8) is 0 Å². The van der Waals surface area contributed by atoms with Crippen LogP contribution in [0, 0.1) is 11.7 Å². The number of aromatic nitrogens is 2. The van der Waals surface area contributed by atoms with Crippen molar-refractivity contribution in [3.05, 3.63) is 53.8 Å². The maximum atomic E-state index is 14.6. The number of halogens is 1. The van der Waals surface area contributed by atoms with Gasteiger partial charge in [0.05, 0.1) is 19.4 Å². The second kappa shape index (κ2) is 12.9. The van der Waals surface area contributed by atoms with Crippen LogP contribution in [0.1, 0.15) is 51.4 Å². The Labute approximate surface area is 234 Å². The fourth-order valence-corrected chi connectivity index (χ4v) is 4.93. The smallest absolute Gasteiger partial charge is 0.281 e. The highest BCUT2D eigenvalue weighted by atomic mass is 32.2. The van der Waals surface area contributed by atoms with E-state index in [4.69, 9.17) is 20.2 Å². The number of carbonyl (C=O) groups is 1. The Balaban J connectivity index is 2.18. The van der Waals surface area contributed by atoms with Crippen molar-refractivity contribution in [1.82, 2.24) is 14.7 Å². The topological polar surface area (TPSA) is 137 Å². The molecular formula is C28H36FN5O5S. The summed E-state index contributed by atoms with van der Waals surface area (Å²) in [6.07, 6.45) is 0.710. The van der Waals surface area contributed by atoms with E-state index in [1.54, 1.807) is 6.07 Å². The van der Waals surface area contributed by atoms with Gasteiger partial charge in [0, 0.05) is 30.3 Å². The summed E-state index contributed by atoms with van der Waals surface area (Å²) in [5.74, 6) is -0.672. The Bertz CT molecular complexity index is 1470. The van der Waals surface area contributed by atoms with Crippen molar-refractivity contribution < 1.29 is 27.1 Å². The molecule has 0 bridgehead atoms. The van der Waals surface area contributed by atoms with E-state index in [0.717, 1.165) is 0 Å². The summed E-state index contributed by atoms with van der Waals surface area (Å²) in [6, 6.07) is 9.73. The largest absolute Gasteiger partial charge is 0.496 e. The molecule has 12 heteroatoms. The molecule has 0 saturated heterocycles. The molecular weight excluding hydrogens is 537 g/mol. The molecule has 0 aliphatic carbocycles. The number of hydrogen-bond donors (Lipinski definition) is 2. The second-order valence-corrected chi connectivity index (χ2v) is 11.3. The minimum Gasteiger partial charge on any atom is -0.496 e. The highest BCUT2D eigenvalue weighted by Crippen LogP contribution is 2.35. The number of sulfonamides is 1. The van der Waals surface area contributed by atoms with Gasteiger partial charge in [-0.2, -0.15) is 8.42 Å². The van der Waals surface area contributed by atoms with Crippen LogP contribution in [-0.4, -0.2) is 50.6 Å². The number of nitrogens with zero attached hydrogens (tertiary/aromatic N) is 3. The number of ether oxygens (including phenoxy) is 2. The number of carbonyl (C=O) groups excluding carboxylic acids is 1. The summed E-state index contributed by atoms with van der Waals surface area (Å²) in [5.41, 5.74) is 6.27. The van der Waals surface area contributed by atoms with Gasteiger partial charge in [-0.05, 0) is 50.5 Å². The lowest BCUT2D eigenvalue weighted by atomic mass is 10.1. The van der Waals surface area contributed by atoms with Crippen LogP contribution in [-0.2, 0) is 10.0 Å². The van der Waals surface area contributed by atoms with Crippen LogP contribution in [0.5, 0.6) is 11.5 Å².